The van der Waals surface area contributed by atoms with E-state index in [1.54, 1.807) is 0 Å². The second-order valence-corrected chi connectivity index (χ2v) is 4.87. The van der Waals surface area contributed by atoms with E-state index in [1.165, 1.54) is 5.69 Å². The van der Waals surface area contributed by atoms with Gasteiger partial charge in [0.15, 0.2) is 0 Å². The van der Waals surface area contributed by atoms with Crippen LogP contribution in [-0.2, 0) is 9.53 Å². The Kier molecular flexibility index (Phi) is 3.75. The van der Waals surface area contributed by atoms with E-state index in [2.05, 4.69) is 22.9 Å². The third-order valence-corrected chi connectivity index (χ3v) is 3.03. The standard InChI is InChI=1S/C14H20N2O2/c1-11(2)18-14(17)10-16-9-8-15(3)12-6-4-5-7-13(12)16/h4-7,11H,8-10H2,1-3H3. The molecule has 2 rings (SSSR count). The number of fused-ring (bicyclic) bond motifs is 1. The molecule has 0 unspecified atom stereocenters. The number of rotatable bonds is 3. The first-order chi connectivity index (χ1) is 8.58. The zero-order chi connectivity index (χ0) is 13.1. The second kappa shape index (κ2) is 5.29. The highest BCUT2D eigenvalue weighted by molar-refractivity contribution is 5.81. The molecule has 18 heavy (non-hydrogen) atoms. The smallest absolute Gasteiger partial charge is 0.325 e. The lowest BCUT2D eigenvalue weighted by atomic mass is 10.2. The lowest BCUT2D eigenvalue weighted by Crippen LogP contribution is -2.42. The quantitative estimate of drug-likeness (QED) is 0.765. The molecule has 1 aliphatic rings. The van der Waals surface area contributed by atoms with E-state index in [4.69, 9.17) is 4.74 Å². The molecular weight excluding hydrogens is 228 g/mol. The van der Waals surface area contributed by atoms with Crippen molar-refractivity contribution in [3.8, 4) is 0 Å². The zero-order valence-electron chi connectivity index (χ0n) is 11.2. The number of para-hydroxylation sites is 2. The maximum absolute atomic E-state index is 11.7. The second-order valence-electron chi connectivity index (χ2n) is 4.87. The molecule has 98 valence electrons. The molecule has 1 aliphatic heterocycles. The highest BCUT2D eigenvalue weighted by atomic mass is 16.5. The van der Waals surface area contributed by atoms with Crippen LogP contribution in [0.1, 0.15) is 13.8 Å². The van der Waals surface area contributed by atoms with Gasteiger partial charge in [-0.2, -0.15) is 0 Å². The summed E-state index contributed by atoms with van der Waals surface area (Å²) >= 11 is 0. The van der Waals surface area contributed by atoms with Crippen LogP contribution in [0.15, 0.2) is 24.3 Å². The van der Waals surface area contributed by atoms with Crippen LogP contribution in [0.25, 0.3) is 0 Å². The Hall–Kier alpha value is -1.71. The fourth-order valence-electron chi connectivity index (χ4n) is 2.19. The van der Waals surface area contributed by atoms with Crippen molar-refractivity contribution in [1.29, 1.82) is 0 Å². The molecule has 0 saturated heterocycles. The van der Waals surface area contributed by atoms with Gasteiger partial charge in [0, 0.05) is 20.1 Å². The van der Waals surface area contributed by atoms with Crippen LogP contribution in [0.4, 0.5) is 11.4 Å². The Morgan fingerprint density at radius 2 is 1.94 bits per heavy atom. The predicted octanol–water partition coefficient (Wildman–Crippen LogP) is 1.89. The molecule has 0 aromatic heterocycles. The molecule has 0 fully saturated rings. The van der Waals surface area contributed by atoms with Gasteiger partial charge in [-0.3, -0.25) is 4.79 Å². The van der Waals surface area contributed by atoms with Crippen LogP contribution < -0.4 is 9.80 Å². The Bertz CT molecular complexity index is 432. The summed E-state index contributed by atoms with van der Waals surface area (Å²) in [5.74, 6) is -0.163. The topological polar surface area (TPSA) is 32.8 Å². The summed E-state index contributed by atoms with van der Waals surface area (Å²) in [5, 5.41) is 0. The van der Waals surface area contributed by atoms with E-state index in [0.29, 0.717) is 6.54 Å². The van der Waals surface area contributed by atoms with E-state index < -0.39 is 0 Å². The number of ether oxygens (including phenoxy) is 1. The molecule has 0 aliphatic carbocycles. The van der Waals surface area contributed by atoms with E-state index in [0.717, 1.165) is 18.8 Å². The van der Waals surface area contributed by atoms with E-state index >= 15 is 0 Å². The fourth-order valence-corrected chi connectivity index (χ4v) is 2.19. The van der Waals surface area contributed by atoms with Crippen molar-refractivity contribution in [3.63, 3.8) is 0 Å². The number of hydrogen-bond donors (Lipinski definition) is 0. The van der Waals surface area contributed by atoms with Crippen LogP contribution in [-0.4, -0.2) is 38.8 Å². The maximum atomic E-state index is 11.7. The molecule has 0 atom stereocenters. The van der Waals surface area contributed by atoms with Crippen molar-refractivity contribution in [2.45, 2.75) is 20.0 Å². The van der Waals surface area contributed by atoms with Gasteiger partial charge in [-0.15, -0.1) is 0 Å². The lowest BCUT2D eigenvalue weighted by Gasteiger charge is -2.36. The predicted molar refractivity (Wildman–Crippen MR) is 73.2 cm³/mol. The monoisotopic (exact) mass is 248 g/mol. The molecule has 0 amide bonds. The summed E-state index contributed by atoms with van der Waals surface area (Å²) in [5.41, 5.74) is 2.27. The summed E-state index contributed by atoms with van der Waals surface area (Å²) in [6.07, 6.45) is -0.0554. The molecule has 0 saturated carbocycles. The average molecular weight is 248 g/mol. The van der Waals surface area contributed by atoms with E-state index in [9.17, 15) is 4.79 Å². The van der Waals surface area contributed by atoms with Gasteiger partial charge >= 0.3 is 5.97 Å². The first-order valence-electron chi connectivity index (χ1n) is 6.32. The van der Waals surface area contributed by atoms with Crippen molar-refractivity contribution in [2.75, 3.05) is 36.5 Å². The third-order valence-electron chi connectivity index (χ3n) is 3.03. The van der Waals surface area contributed by atoms with E-state index in [1.807, 2.05) is 32.0 Å². The molecule has 0 spiro atoms. The highest BCUT2D eigenvalue weighted by Gasteiger charge is 2.22. The first kappa shape index (κ1) is 12.7. The van der Waals surface area contributed by atoms with Gasteiger partial charge in [0.05, 0.1) is 17.5 Å². The minimum atomic E-state index is -0.163. The average Bonchev–Trinajstić information content (AvgIpc) is 2.32. The van der Waals surface area contributed by atoms with Crippen molar-refractivity contribution in [2.24, 2.45) is 0 Å². The summed E-state index contributed by atoms with van der Waals surface area (Å²) in [6, 6.07) is 8.15. The number of esters is 1. The molecule has 0 N–H and O–H groups in total. The first-order valence-corrected chi connectivity index (χ1v) is 6.32. The molecule has 1 aromatic rings. The molecule has 0 radical (unpaired) electrons. The van der Waals surface area contributed by atoms with Crippen molar-refractivity contribution in [3.05, 3.63) is 24.3 Å². The number of carbonyl (C=O) groups excluding carboxylic acids is 1. The van der Waals surface area contributed by atoms with Crippen molar-refractivity contribution >= 4 is 17.3 Å². The SMILES string of the molecule is CC(C)OC(=O)CN1CCN(C)c2ccccc21. The Morgan fingerprint density at radius 3 is 2.61 bits per heavy atom. The van der Waals surface area contributed by atoms with Gasteiger partial charge < -0.3 is 14.5 Å². The maximum Gasteiger partial charge on any atom is 0.325 e. The van der Waals surface area contributed by atoms with Gasteiger partial charge in [0.2, 0.25) is 0 Å². The molecule has 1 aromatic carbocycles. The van der Waals surface area contributed by atoms with Gasteiger partial charge in [0.25, 0.3) is 0 Å². The number of anilines is 2. The van der Waals surface area contributed by atoms with E-state index in [-0.39, 0.29) is 12.1 Å². The van der Waals surface area contributed by atoms with Crippen LogP contribution in [0.2, 0.25) is 0 Å². The van der Waals surface area contributed by atoms with Gasteiger partial charge in [-0.25, -0.2) is 0 Å². The lowest BCUT2D eigenvalue weighted by molar-refractivity contribution is -0.145. The summed E-state index contributed by atoms with van der Waals surface area (Å²) in [6.45, 7) is 5.83. The van der Waals surface area contributed by atoms with Crippen LogP contribution >= 0.6 is 0 Å². The number of likely N-dealkylation sites (N-methyl/N-ethyl adjacent to an activating group) is 1. The van der Waals surface area contributed by atoms with Gasteiger partial charge in [0.1, 0.15) is 6.54 Å². The van der Waals surface area contributed by atoms with Crippen LogP contribution in [0.3, 0.4) is 0 Å². The Labute approximate surface area is 108 Å². The molecular formula is C14H20N2O2. The molecule has 4 nitrogen and oxygen atoms in total. The Balaban J connectivity index is 2.12. The van der Waals surface area contributed by atoms with Gasteiger partial charge in [-0.1, -0.05) is 12.1 Å². The van der Waals surface area contributed by atoms with Crippen molar-refractivity contribution in [1.82, 2.24) is 0 Å². The number of carbonyl (C=O) groups is 1. The summed E-state index contributed by atoms with van der Waals surface area (Å²) in [7, 11) is 2.07. The summed E-state index contributed by atoms with van der Waals surface area (Å²) < 4.78 is 5.20. The number of benzene rings is 1. The van der Waals surface area contributed by atoms with Gasteiger partial charge in [-0.05, 0) is 26.0 Å². The normalized spacial score (nSPS) is 14.7. The van der Waals surface area contributed by atoms with Crippen LogP contribution in [0, 0.1) is 0 Å². The fraction of sp³-hybridized carbons (Fsp3) is 0.500. The van der Waals surface area contributed by atoms with Crippen LogP contribution in [0.5, 0.6) is 0 Å². The number of nitrogens with zero attached hydrogens (tertiary/aromatic N) is 2. The zero-order valence-corrected chi connectivity index (χ0v) is 11.2. The summed E-state index contributed by atoms with van der Waals surface area (Å²) in [4.78, 5) is 16.0. The van der Waals surface area contributed by atoms with Crippen molar-refractivity contribution < 1.29 is 9.53 Å². The molecule has 4 heteroatoms. The molecule has 1 heterocycles. The number of hydrogen-bond acceptors (Lipinski definition) is 4. The minimum absolute atomic E-state index is 0.0554. The largest absolute Gasteiger partial charge is 0.462 e. The highest BCUT2D eigenvalue weighted by Crippen LogP contribution is 2.31. The Morgan fingerprint density at radius 1 is 1.28 bits per heavy atom. The minimum Gasteiger partial charge on any atom is -0.462 e. The third kappa shape index (κ3) is 2.75. The molecule has 0 bridgehead atoms.